The number of carbonyl (C=O) groups is 3. The molecule has 28 heavy (non-hydrogen) atoms. The summed E-state index contributed by atoms with van der Waals surface area (Å²) in [6.45, 7) is 4.35. The average Bonchev–Trinajstić information content (AvgIpc) is 3.05. The molecule has 8 heteroatoms. The number of hydrogen-bond acceptors (Lipinski definition) is 5. The van der Waals surface area contributed by atoms with E-state index in [4.69, 9.17) is 16.3 Å². The van der Waals surface area contributed by atoms with Crippen LogP contribution in [0.3, 0.4) is 0 Å². The van der Waals surface area contributed by atoms with Crippen molar-refractivity contribution >= 4 is 35.1 Å². The van der Waals surface area contributed by atoms with Crippen LogP contribution >= 0.6 is 11.6 Å². The second-order valence-corrected chi connectivity index (χ2v) is 8.14. The fourth-order valence-electron chi connectivity index (χ4n) is 4.12. The number of likely N-dealkylation sites (tertiary alicyclic amines) is 1. The highest BCUT2D eigenvalue weighted by molar-refractivity contribution is 6.32. The van der Waals surface area contributed by atoms with Crippen LogP contribution in [0.25, 0.3) is 0 Å². The SMILES string of the molecule is C[C@H]1[C@H](N2C[C@H](C(=O)OCC(=O)Nc3cccnc3Cl)CC2=O)CCC[C@@H]1C. The molecule has 3 rings (SSSR count). The number of nitrogens with zero attached hydrogens (tertiary/aromatic N) is 2. The number of carbonyl (C=O) groups excluding carboxylic acids is 3. The fraction of sp³-hybridized carbons (Fsp3) is 0.600. The number of hydrogen-bond donors (Lipinski definition) is 1. The Balaban J connectivity index is 1.50. The molecular weight excluding hydrogens is 382 g/mol. The third-order valence-corrected chi connectivity index (χ3v) is 6.24. The highest BCUT2D eigenvalue weighted by Gasteiger charge is 2.42. The molecule has 1 N–H and O–H groups in total. The van der Waals surface area contributed by atoms with Gasteiger partial charge in [-0.1, -0.05) is 38.3 Å². The Bertz CT molecular complexity index is 757. The topological polar surface area (TPSA) is 88.6 Å². The van der Waals surface area contributed by atoms with Gasteiger partial charge in [-0.25, -0.2) is 4.98 Å². The van der Waals surface area contributed by atoms with E-state index in [-0.39, 0.29) is 23.5 Å². The van der Waals surface area contributed by atoms with Crippen molar-refractivity contribution in [2.45, 2.75) is 45.6 Å². The lowest BCUT2D eigenvalue weighted by Crippen LogP contribution is -2.45. The molecule has 152 valence electrons. The van der Waals surface area contributed by atoms with Crippen LogP contribution in [-0.4, -0.2) is 46.9 Å². The summed E-state index contributed by atoms with van der Waals surface area (Å²) in [6.07, 6.45) is 4.92. The molecular formula is C20H26ClN3O4. The average molecular weight is 408 g/mol. The van der Waals surface area contributed by atoms with Crippen molar-refractivity contribution in [1.29, 1.82) is 0 Å². The molecule has 2 heterocycles. The van der Waals surface area contributed by atoms with Crippen LogP contribution in [0.4, 0.5) is 5.69 Å². The number of amides is 2. The van der Waals surface area contributed by atoms with Crippen molar-refractivity contribution in [3.63, 3.8) is 0 Å². The molecule has 7 nitrogen and oxygen atoms in total. The van der Waals surface area contributed by atoms with Crippen LogP contribution < -0.4 is 5.32 Å². The monoisotopic (exact) mass is 407 g/mol. The minimum Gasteiger partial charge on any atom is -0.455 e. The molecule has 1 saturated carbocycles. The van der Waals surface area contributed by atoms with Crippen LogP contribution in [0.15, 0.2) is 18.3 Å². The molecule has 1 saturated heterocycles. The fourth-order valence-corrected chi connectivity index (χ4v) is 4.29. The van der Waals surface area contributed by atoms with Gasteiger partial charge in [0.05, 0.1) is 11.6 Å². The van der Waals surface area contributed by atoms with Gasteiger partial charge in [-0.3, -0.25) is 14.4 Å². The van der Waals surface area contributed by atoms with E-state index in [9.17, 15) is 14.4 Å². The first-order valence-corrected chi connectivity index (χ1v) is 10.1. The Hall–Kier alpha value is -2.15. The zero-order valence-corrected chi connectivity index (χ0v) is 16.9. The largest absolute Gasteiger partial charge is 0.455 e. The number of pyridine rings is 1. The van der Waals surface area contributed by atoms with E-state index in [0.29, 0.717) is 24.1 Å². The molecule has 1 aliphatic carbocycles. The van der Waals surface area contributed by atoms with E-state index in [1.165, 1.54) is 12.6 Å². The lowest BCUT2D eigenvalue weighted by atomic mass is 9.77. The van der Waals surface area contributed by atoms with E-state index in [2.05, 4.69) is 24.1 Å². The molecule has 1 aromatic rings. The molecule has 0 radical (unpaired) electrons. The first kappa shape index (κ1) is 20.6. The summed E-state index contributed by atoms with van der Waals surface area (Å²) in [5.74, 6) is -0.548. The Labute approximate surface area is 169 Å². The summed E-state index contributed by atoms with van der Waals surface area (Å²) in [6, 6.07) is 3.43. The van der Waals surface area contributed by atoms with E-state index < -0.39 is 24.4 Å². The maximum Gasteiger partial charge on any atom is 0.311 e. The third-order valence-electron chi connectivity index (χ3n) is 5.93. The Morgan fingerprint density at radius 3 is 2.89 bits per heavy atom. The van der Waals surface area contributed by atoms with Gasteiger partial charge in [0.15, 0.2) is 11.8 Å². The van der Waals surface area contributed by atoms with Crippen molar-refractivity contribution in [1.82, 2.24) is 9.88 Å². The predicted octanol–water partition coefficient (Wildman–Crippen LogP) is 2.89. The van der Waals surface area contributed by atoms with E-state index in [1.54, 1.807) is 12.1 Å². The molecule has 4 atom stereocenters. The minimum atomic E-state index is -0.522. The van der Waals surface area contributed by atoms with E-state index >= 15 is 0 Å². The lowest BCUT2D eigenvalue weighted by molar-refractivity contribution is -0.151. The Morgan fingerprint density at radius 1 is 1.36 bits per heavy atom. The molecule has 2 amide bonds. The predicted molar refractivity (Wildman–Crippen MR) is 105 cm³/mol. The van der Waals surface area contributed by atoms with Crippen molar-refractivity contribution in [2.75, 3.05) is 18.5 Å². The number of anilines is 1. The van der Waals surface area contributed by atoms with Gasteiger partial charge < -0.3 is 15.0 Å². The maximum atomic E-state index is 12.5. The van der Waals surface area contributed by atoms with Gasteiger partial charge in [0, 0.05) is 25.2 Å². The standard InChI is InChI=1S/C20H26ClN3O4/c1-12-5-3-7-16(13(12)2)24-10-14(9-18(24)26)20(27)28-11-17(25)23-15-6-4-8-22-19(15)21/h4,6,8,12-14,16H,3,5,7,9-11H2,1-2H3,(H,23,25)/t12-,13+,14+,16+/m0/s1. The quantitative estimate of drug-likeness (QED) is 0.598. The zero-order chi connectivity index (χ0) is 20.3. The first-order chi connectivity index (χ1) is 13.4. The summed E-state index contributed by atoms with van der Waals surface area (Å²) in [5.41, 5.74) is 0.354. The zero-order valence-electron chi connectivity index (χ0n) is 16.2. The van der Waals surface area contributed by atoms with E-state index in [1.807, 2.05) is 4.90 Å². The number of aromatic nitrogens is 1. The van der Waals surface area contributed by atoms with Crippen molar-refractivity contribution in [3.8, 4) is 0 Å². The van der Waals surface area contributed by atoms with Gasteiger partial charge in [0.25, 0.3) is 5.91 Å². The molecule has 2 aliphatic rings. The highest BCUT2D eigenvalue weighted by Crippen LogP contribution is 2.35. The molecule has 0 spiro atoms. The second-order valence-electron chi connectivity index (χ2n) is 7.78. The van der Waals surface area contributed by atoms with Crippen LogP contribution in [0.5, 0.6) is 0 Å². The van der Waals surface area contributed by atoms with Crippen molar-refractivity contribution in [3.05, 3.63) is 23.5 Å². The number of nitrogens with one attached hydrogen (secondary N) is 1. The van der Waals surface area contributed by atoms with Gasteiger partial charge in [-0.2, -0.15) is 0 Å². The second kappa shape index (κ2) is 8.90. The normalized spacial score (nSPS) is 27.5. The molecule has 0 aromatic carbocycles. The highest BCUT2D eigenvalue weighted by atomic mass is 35.5. The van der Waals surface area contributed by atoms with Gasteiger partial charge in [0.1, 0.15) is 0 Å². The number of halogens is 1. The maximum absolute atomic E-state index is 12.5. The molecule has 0 unspecified atom stereocenters. The third kappa shape index (κ3) is 4.63. The van der Waals surface area contributed by atoms with Crippen LogP contribution in [0.2, 0.25) is 5.15 Å². The summed E-state index contributed by atoms with van der Waals surface area (Å²) in [5, 5.41) is 2.71. The minimum absolute atomic E-state index is 0.000469. The number of rotatable bonds is 5. The van der Waals surface area contributed by atoms with Crippen LogP contribution in [0.1, 0.15) is 39.5 Å². The summed E-state index contributed by atoms with van der Waals surface area (Å²) in [4.78, 5) is 42.5. The van der Waals surface area contributed by atoms with Crippen LogP contribution in [-0.2, 0) is 19.1 Å². The van der Waals surface area contributed by atoms with Crippen molar-refractivity contribution < 1.29 is 19.1 Å². The van der Waals surface area contributed by atoms with E-state index in [0.717, 1.165) is 12.8 Å². The smallest absolute Gasteiger partial charge is 0.311 e. The van der Waals surface area contributed by atoms with Gasteiger partial charge >= 0.3 is 5.97 Å². The molecule has 1 aromatic heterocycles. The van der Waals surface area contributed by atoms with Gasteiger partial charge in [0.2, 0.25) is 5.91 Å². The number of ether oxygens (including phenoxy) is 1. The van der Waals surface area contributed by atoms with Crippen LogP contribution in [0, 0.1) is 17.8 Å². The molecule has 0 bridgehead atoms. The number of esters is 1. The molecule has 2 fully saturated rings. The summed E-state index contributed by atoms with van der Waals surface area (Å²) < 4.78 is 5.14. The van der Waals surface area contributed by atoms with Gasteiger partial charge in [-0.15, -0.1) is 0 Å². The Morgan fingerprint density at radius 2 is 2.14 bits per heavy atom. The molecule has 1 aliphatic heterocycles. The van der Waals surface area contributed by atoms with Crippen molar-refractivity contribution in [2.24, 2.45) is 17.8 Å². The summed E-state index contributed by atoms with van der Waals surface area (Å²) in [7, 11) is 0. The first-order valence-electron chi connectivity index (χ1n) is 9.73. The Kier molecular flexibility index (Phi) is 6.54. The lowest BCUT2D eigenvalue weighted by Gasteiger charge is -2.39. The van der Waals surface area contributed by atoms with Gasteiger partial charge in [-0.05, 0) is 30.4 Å². The summed E-state index contributed by atoms with van der Waals surface area (Å²) >= 11 is 5.89.